The van der Waals surface area contributed by atoms with Crippen molar-refractivity contribution in [3.05, 3.63) is 23.8 Å². The Morgan fingerprint density at radius 3 is 3.11 bits per heavy atom. The summed E-state index contributed by atoms with van der Waals surface area (Å²) in [6.45, 7) is 2.43. The van der Waals surface area contributed by atoms with Crippen LogP contribution in [-0.2, 0) is 9.53 Å². The third-order valence-electron chi connectivity index (χ3n) is 2.58. The van der Waals surface area contributed by atoms with E-state index in [0.717, 1.165) is 12.8 Å². The molecule has 5 nitrogen and oxygen atoms in total. The van der Waals surface area contributed by atoms with Crippen LogP contribution in [0.15, 0.2) is 18.2 Å². The third-order valence-corrected chi connectivity index (χ3v) is 2.58. The lowest BCUT2D eigenvalue weighted by molar-refractivity contribution is -0.118. The van der Waals surface area contributed by atoms with Gasteiger partial charge in [0.05, 0.1) is 17.9 Å². The topological polar surface area (TPSA) is 64.6 Å². The Morgan fingerprint density at radius 2 is 2.33 bits per heavy atom. The van der Waals surface area contributed by atoms with Crippen molar-refractivity contribution in [2.45, 2.75) is 19.8 Å². The van der Waals surface area contributed by atoms with Crippen LogP contribution in [0.4, 0.5) is 5.69 Å². The summed E-state index contributed by atoms with van der Waals surface area (Å²) in [5.41, 5.74) is 1.01. The zero-order valence-corrected chi connectivity index (χ0v) is 10.2. The van der Waals surface area contributed by atoms with Crippen LogP contribution < -0.4 is 10.1 Å². The SMILES string of the molecule is CCCCOC(=O)c1ccc2c(c1)OCC(=O)N2. The summed E-state index contributed by atoms with van der Waals surface area (Å²) in [6.07, 6.45) is 1.83. The van der Waals surface area contributed by atoms with Gasteiger partial charge >= 0.3 is 5.97 Å². The average Bonchev–Trinajstić information content (AvgIpc) is 2.38. The van der Waals surface area contributed by atoms with E-state index in [9.17, 15) is 9.59 Å². The van der Waals surface area contributed by atoms with E-state index in [4.69, 9.17) is 9.47 Å². The zero-order valence-electron chi connectivity index (χ0n) is 10.2. The van der Waals surface area contributed by atoms with Crippen LogP contribution in [0.2, 0.25) is 0 Å². The normalized spacial score (nSPS) is 13.3. The molecule has 1 aliphatic heterocycles. The van der Waals surface area contributed by atoms with Gasteiger partial charge in [0.1, 0.15) is 5.75 Å². The number of ether oxygens (including phenoxy) is 2. The van der Waals surface area contributed by atoms with Gasteiger partial charge in [-0.25, -0.2) is 4.79 Å². The average molecular weight is 249 g/mol. The molecular formula is C13H15NO4. The van der Waals surface area contributed by atoms with Crippen molar-refractivity contribution in [2.24, 2.45) is 0 Å². The van der Waals surface area contributed by atoms with Crippen molar-refractivity contribution in [3.8, 4) is 5.75 Å². The minimum absolute atomic E-state index is 0.0265. The van der Waals surface area contributed by atoms with Gasteiger partial charge in [-0.05, 0) is 24.6 Å². The molecule has 1 aromatic carbocycles. The molecule has 1 N–H and O–H groups in total. The Kier molecular flexibility index (Phi) is 3.82. The van der Waals surface area contributed by atoms with Crippen LogP contribution in [-0.4, -0.2) is 25.1 Å². The first kappa shape index (κ1) is 12.4. The van der Waals surface area contributed by atoms with Crippen LogP contribution in [0.3, 0.4) is 0 Å². The monoisotopic (exact) mass is 249 g/mol. The van der Waals surface area contributed by atoms with E-state index in [1.807, 2.05) is 6.92 Å². The van der Waals surface area contributed by atoms with Crippen LogP contribution in [0.1, 0.15) is 30.1 Å². The summed E-state index contributed by atoms with van der Waals surface area (Å²) in [5, 5.41) is 2.66. The first-order valence-corrected chi connectivity index (χ1v) is 5.94. The Bertz CT molecular complexity index is 470. The van der Waals surface area contributed by atoms with Crippen LogP contribution in [0, 0.1) is 0 Å². The highest BCUT2D eigenvalue weighted by Crippen LogP contribution is 2.28. The molecule has 5 heteroatoms. The minimum atomic E-state index is -0.369. The predicted molar refractivity (Wildman–Crippen MR) is 65.8 cm³/mol. The molecule has 0 saturated carbocycles. The van der Waals surface area contributed by atoms with Crippen molar-refractivity contribution in [2.75, 3.05) is 18.5 Å². The van der Waals surface area contributed by atoms with Gasteiger partial charge in [-0.3, -0.25) is 4.79 Å². The predicted octanol–water partition coefficient (Wildman–Crippen LogP) is 1.97. The van der Waals surface area contributed by atoms with E-state index in [2.05, 4.69) is 5.32 Å². The van der Waals surface area contributed by atoms with E-state index < -0.39 is 0 Å². The summed E-state index contributed by atoms with van der Waals surface area (Å²) in [5.74, 6) is -0.0629. The number of carbonyl (C=O) groups is 2. The Labute approximate surface area is 105 Å². The number of nitrogens with one attached hydrogen (secondary N) is 1. The van der Waals surface area contributed by atoms with E-state index in [-0.39, 0.29) is 18.5 Å². The maximum Gasteiger partial charge on any atom is 0.338 e. The summed E-state index contributed by atoms with van der Waals surface area (Å²) in [4.78, 5) is 22.8. The maximum absolute atomic E-state index is 11.7. The number of anilines is 1. The van der Waals surface area contributed by atoms with Crippen molar-refractivity contribution < 1.29 is 19.1 Å². The van der Waals surface area contributed by atoms with Crippen molar-refractivity contribution in [1.29, 1.82) is 0 Å². The number of benzene rings is 1. The molecule has 18 heavy (non-hydrogen) atoms. The Hall–Kier alpha value is -2.04. The highest BCUT2D eigenvalue weighted by atomic mass is 16.5. The first-order chi connectivity index (χ1) is 8.70. The molecule has 0 aliphatic carbocycles. The smallest absolute Gasteiger partial charge is 0.338 e. The van der Waals surface area contributed by atoms with Crippen molar-refractivity contribution >= 4 is 17.6 Å². The van der Waals surface area contributed by atoms with Gasteiger partial charge in [0.15, 0.2) is 6.61 Å². The zero-order chi connectivity index (χ0) is 13.0. The van der Waals surface area contributed by atoms with Crippen LogP contribution >= 0.6 is 0 Å². The second-order valence-corrected chi connectivity index (χ2v) is 4.04. The van der Waals surface area contributed by atoms with Crippen molar-refractivity contribution in [3.63, 3.8) is 0 Å². The molecule has 1 amide bonds. The molecule has 1 heterocycles. The molecule has 0 fully saturated rings. The molecule has 1 aromatic rings. The fraction of sp³-hybridized carbons (Fsp3) is 0.385. The molecule has 0 spiro atoms. The molecule has 0 aromatic heterocycles. The molecule has 0 atom stereocenters. The maximum atomic E-state index is 11.7. The van der Waals surface area contributed by atoms with Gasteiger partial charge < -0.3 is 14.8 Å². The molecule has 0 saturated heterocycles. The summed E-state index contributed by atoms with van der Waals surface area (Å²) in [6, 6.07) is 4.84. The van der Waals surface area contributed by atoms with Gasteiger partial charge in [0.2, 0.25) is 0 Å². The molecule has 0 bridgehead atoms. The standard InChI is InChI=1S/C13H15NO4/c1-2-3-6-17-13(16)9-4-5-10-11(7-9)18-8-12(15)14-10/h4-5,7H,2-3,6,8H2,1H3,(H,14,15). The highest BCUT2D eigenvalue weighted by molar-refractivity contribution is 5.97. The number of hydrogen-bond acceptors (Lipinski definition) is 4. The lowest BCUT2D eigenvalue weighted by Gasteiger charge is -2.18. The van der Waals surface area contributed by atoms with Gasteiger partial charge in [0.25, 0.3) is 5.91 Å². The number of carbonyl (C=O) groups excluding carboxylic acids is 2. The molecule has 1 aliphatic rings. The summed E-state index contributed by atoms with van der Waals surface area (Å²) < 4.78 is 10.3. The molecule has 2 rings (SSSR count). The van der Waals surface area contributed by atoms with Gasteiger partial charge in [0, 0.05) is 0 Å². The fourth-order valence-electron chi connectivity index (χ4n) is 1.59. The van der Waals surface area contributed by atoms with E-state index in [1.54, 1.807) is 18.2 Å². The van der Waals surface area contributed by atoms with Gasteiger partial charge in [-0.1, -0.05) is 13.3 Å². The summed E-state index contributed by atoms with van der Waals surface area (Å²) >= 11 is 0. The quantitative estimate of drug-likeness (QED) is 0.654. The number of unbranched alkanes of at least 4 members (excludes halogenated alkanes) is 1. The third kappa shape index (κ3) is 2.80. The second kappa shape index (κ2) is 5.53. The number of esters is 1. The number of fused-ring (bicyclic) bond motifs is 1. The number of amides is 1. The fourth-order valence-corrected chi connectivity index (χ4v) is 1.59. The molecular weight excluding hydrogens is 234 g/mol. The van der Waals surface area contributed by atoms with Crippen molar-refractivity contribution in [1.82, 2.24) is 0 Å². The largest absolute Gasteiger partial charge is 0.482 e. The van der Waals surface area contributed by atoms with Crippen LogP contribution in [0.25, 0.3) is 0 Å². The Balaban J connectivity index is 2.06. The lowest BCUT2D eigenvalue weighted by Crippen LogP contribution is -2.25. The van der Waals surface area contributed by atoms with Gasteiger partial charge in [-0.2, -0.15) is 0 Å². The lowest BCUT2D eigenvalue weighted by atomic mass is 10.1. The number of hydrogen-bond donors (Lipinski definition) is 1. The Morgan fingerprint density at radius 1 is 1.50 bits per heavy atom. The minimum Gasteiger partial charge on any atom is -0.482 e. The second-order valence-electron chi connectivity index (χ2n) is 4.04. The van der Waals surface area contributed by atoms with Crippen LogP contribution in [0.5, 0.6) is 5.75 Å². The first-order valence-electron chi connectivity index (χ1n) is 5.94. The molecule has 0 radical (unpaired) electrons. The van der Waals surface area contributed by atoms with E-state index in [0.29, 0.717) is 23.6 Å². The van der Waals surface area contributed by atoms with Gasteiger partial charge in [-0.15, -0.1) is 0 Å². The number of rotatable bonds is 4. The van der Waals surface area contributed by atoms with E-state index >= 15 is 0 Å². The van der Waals surface area contributed by atoms with E-state index in [1.165, 1.54) is 0 Å². The molecule has 96 valence electrons. The highest BCUT2D eigenvalue weighted by Gasteiger charge is 2.18. The summed E-state index contributed by atoms with van der Waals surface area (Å²) in [7, 11) is 0. The molecule has 0 unspecified atom stereocenters.